The zero-order valence-electron chi connectivity index (χ0n) is 7.73. The van der Waals surface area contributed by atoms with Crippen molar-refractivity contribution in [2.24, 2.45) is 5.41 Å². The summed E-state index contributed by atoms with van der Waals surface area (Å²) in [5.41, 5.74) is -1.08. The number of rotatable bonds is 1. The average molecular weight is 193 g/mol. The van der Waals surface area contributed by atoms with Crippen molar-refractivity contribution >= 4 is 6.98 Å². The van der Waals surface area contributed by atoms with Gasteiger partial charge in [-0.3, -0.25) is 0 Å². The highest BCUT2D eigenvalue weighted by molar-refractivity contribution is 6.66. The van der Waals surface area contributed by atoms with Crippen molar-refractivity contribution in [1.29, 1.82) is 0 Å². The molecule has 1 nitrogen and oxygen atoms in total. The van der Waals surface area contributed by atoms with Crippen molar-refractivity contribution in [3.05, 3.63) is 11.5 Å². The standard InChI is InChI=1S/C8H13BF3O/c1-8(2)4-6(9(10,11)12)3-7(13)5-8/h4,7,13H,3,5H2,1-2H3/q-1. The smallest absolute Gasteiger partial charge is 0.445 e. The molecule has 0 saturated heterocycles. The molecule has 0 bridgehead atoms. The third-order valence-corrected chi connectivity index (χ3v) is 2.23. The second kappa shape index (κ2) is 3.05. The van der Waals surface area contributed by atoms with Crippen LogP contribution >= 0.6 is 0 Å². The second-order valence-corrected chi connectivity index (χ2v) is 4.34. The Morgan fingerprint density at radius 1 is 1.46 bits per heavy atom. The number of aliphatic hydroxyl groups is 1. The Hall–Kier alpha value is -0.445. The number of hydrogen-bond acceptors (Lipinski definition) is 1. The lowest BCUT2D eigenvalue weighted by molar-refractivity contribution is 0.121. The van der Waals surface area contributed by atoms with Crippen LogP contribution in [0.1, 0.15) is 26.7 Å². The van der Waals surface area contributed by atoms with Gasteiger partial charge in [0.25, 0.3) is 0 Å². The summed E-state index contributed by atoms with van der Waals surface area (Å²) in [6.07, 6.45) is 0.563. The maximum absolute atomic E-state index is 12.3. The fourth-order valence-corrected chi connectivity index (χ4v) is 1.80. The molecule has 13 heavy (non-hydrogen) atoms. The molecule has 76 valence electrons. The first-order valence-corrected chi connectivity index (χ1v) is 4.30. The molecular weight excluding hydrogens is 180 g/mol. The summed E-state index contributed by atoms with van der Waals surface area (Å²) in [5.74, 6) is 0. The summed E-state index contributed by atoms with van der Waals surface area (Å²) in [6.45, 7) is -1.51. The van der Waals surface area contributed by atoms with Crippen LogP contribution in [-0.4, -0.2) is 18.2 Å². The van der Waals surface area contributed by atoms with Gasteiger partial charge in [-0.25, -0.2) is 0 Å². The molecule has 0 aromatic carbocycles. The SMILES string of the molecule is CC1(C)C=C([B-](F)(F)F)CC(O)C1. The molecule has 0 saturated carbocycles. The molecule has 0 spiro atoms. The van der Waals surface area contributed by atoms with Crippen LogP contribution in [0.5, 0.6) is 0 Å². The van der Waals surface area contributed by atoms with Gasteiger partial charge in [-0.2, -0.15) is 0 Å². The van der Waals surface area contributed by atoms with Crippen molar-refractivity contribution in [2.45, 2.75) is 32.8 Å². The van der Waals surface area contributed by atoms with Crippen LogP contribution < -0.4 is 0 Å². The molecule has 1 atom stereocenters. The molecular formula is C8H13BF3O-. The molecule has 0 aromatic heterocycles. The Morgan fingerprint density at radius 3 is 2.38 bits per heavy atom. The highest BCUT2D eigenvalue weighted by Gasteiger charge is 2.35. The summed E-state index contributed by atoms with van der Waals surface area (Å²) in [4.78, 5) is 0. The van der Waals surface area contributed by atoms with Gasteiger partial charge in [0.05, 0.1) is 6.10 Å². The van der Waals surface area contributed by atoms with E-state index >= 15 is 0 Å². The summed E-state index contributed by atoms with van der Waals surface area (Å²) < 4.78 is 37.0. The van der Waals surface area contributed by atoms with Crippen LogP contribution in [-0.2, 0) is 0 Å². The van der Waals surface area contributed by atoms with E-state index < -0.39 is 24.0 Å². The van der Waals surface area contributed by atoms with E-state index in [-0.39, 0.29) is 6.42 Å². The molecule has 1 rings (SSSR count). The van der Waals surface area contributed by atoms with Crippen LogP contribution in [0.2, 0.25) is 0 Å². The van der Waals surface area contributed by atoms with Gasteiger partial charge in [-0.1, -0.05) is 13.8 Å². The quantitative estimate of drug-likeness (QED) is 0.634. The fourth-order valence-electron chi connectivity index (χ4n) is 1.80. The monoisotopic (exact) mass is 193 g/mol. The van der Waals surface area contributed by atoms with E-state index in [0.29, 0.717) is 6.42 Å². The van der Waals surface area contributed by atoms with E-state index in [1.807, 2.05) is 0 Å². The van der Waals surface area contributed by atoms with E-state index in [9.17, 15) is 18.1 Å². The fraction of sp³-hybridized carbons (Fsp3) is 0.750. The molecule has 0 fully saturated rings. The van der Waals surface area contributed by atoms with Crippen LogP contribution in [0.25, 0.3) is 0 Å². The van der Waals surface area contributed by atoms with Gasteiger partial charge in [-0.05, 0) is 18.3 Å². The van der Waals surface area contributed by atoms with E-state index in [1.165, 1.54) is 6.08 Å². The van der Waals surface area contributed by atoms with Crippen molar-refractivity contribution in [1.82, 2.24) is 0 Å². The van der Waals surface area contributed by atoms with Crippen molar-refractivity contribution in [3.8, 4) is 0 Å². The van der Waals surface area contributed by atoms with E-state index in [1.54, 1.807) is 13.8 Å². The molecule has 1 unspecified atom stereocenters. The van der Waals surface area contributed by atoms with Gasteiger partial charge in [0.1, 0.15) is 0 Å². The largest absolute Gasteiger partial charge is 0.505 e. The Labute approximate surface area is 75.7 Å². The van der Waals surface area contributed by atoms with Gasteiger partial charge in [0, 0.05) is 0 Å². The van der Waals surface area contributed by atoms with Crippen LogP contribution in [0.3, 0.4) is 0 Å². The predicted molar refractivity (Wildman–Crippen MR) is 46.2 cm³/mol. The van der Waals surface area contributed by atoms with Gasteiger partial charge < -0.3 is 18.1 Å². The van der Waals surface area contributed by atoms with Gasteiger partial charge in [0.15, 0.2) is 0 Å². The minimum atomic E-state index is -4.92. The minimum Gasteiger partial charge on any atom is -0.445 e. The average Bonchev–Trinajstić information content (AvgIpc) is 1.79. The summed E-state index contributed by atoms with van der Waals surface area (Å²) in [6, 6.07) is 0. The molecule has 1 aliphatic rings. The summed E-state index contributed by atoms with van der Waals surface area (Å²) in [5, 5.41) is 9.25. The molecule has 1 aliphatic carbocycles. The van der Waals surface area contributed by atoms with Gasteiger partial charge in [0.2, 0.25) is 0 Å². The number of hydrogen-bond donors (Lipinski definition) is 1. The first-order valence-electron chi connectivity index (χ1n) is 4.30. The van der Waals surface area contributed by atoms with Crippen molar-refractivity contribution in [2.75, 3.05) is 0 Å². The first-order chi connectivity index (χ1) is 5.71. The van der Waals surface area contributed by atoms with E-state index in [2.05, 4.69) is 0 Å². The van der Waals surface area contributed by atoms with E-state index in [0.717, 1.165) is 0 Å². The topological polar surface area (TPSA) is 20.2 Å². The Balaban J connectivity index is 2.92. The lowest BCUT2D eigenvalue weighted by Gasteiger charge is -2.35. The third kappa shape index (κ3) is 2.76. The van der Waals surface area contributed by atoms with Crippen molar-refractivity contribution in [3.63, 3.8) is 0 Å². The third-order valence-electron chi connectivity index (χ3n) is 2.23. The Morgan fingerprint density at radius 2 is 2.00 bits per heavy atom. The highest BCUT2D eigenvalue weighted by Crippen LogP contribution is 2.38. The lowest BCUT2D eigenvalue weighted by atomic mass is 9.66. The predicted octanol–water partition coefficient (Wildman–Crippen LogP) is 2.48. The molecule has 0 heterocycles. The van der Waals surface area contributed by atoms with Crippen molar-refractivity contribution < 1.29 is 18.1 Å². The first kappa shape index (κ1) is 10.6. The molecule has 0 aromatic rings. The van der Waals surface area contributed by atoms with Crippen LogP contribution in [0.4, 0.5) is 12.9 Å². The maximum atomic E-state index is 12.3. The summed E-state index contributed by atoms with van der Waals surface area (Å²) in [7, 11) is 0. The van der Waals surface area contributed by atoms with E-state index in [4.69, 9.17) is 0 Å². The lowest BCUT2D eigenvalue weighted by Crippen LogP contribution is -2.32. The van der Waals surface area contributed by atoms with Crippen LogP contribution in [0, 0.1) is 5.41 Å². The number of aliphatic hydroxyl groups excluding tert-OH is 1. The zero-order valence-corrected chi connectivity index (χ0v) is 7.73. The zero-order chi connectivity index (χ0) is 10.3. The number of halogens is 3. The minimum absolute atomic E-state index is 0.243. The molecule has 0 amide bonds. The molecule has 5 heteroatoms. The Bertz CT molecular complexity index is 232. The normalized spacial score (nSPS) is 28.5. The van der Waals surface area contributed by atoms with Gasteiger partial charge in [-0.15, -0.1) is 11.5 Å². The molecule has 0 radical (unpaired) electrons. The highest BCUT2D eigenvalue weighted by atomic mass is 19.4. The molecule has 1 N–H and O–H groups in total. The van der Waals surface area contributed by atoms with Crippen LogP contribution in [0.15, 0.2) is 11.5 Å². The summed E-state index contributed by atoms with van der Waals surface area (Å²) >= 11 is 0. The maximum Gasteiger partial charge on any atom is 0.505 e. The van der Waals surface area contributed by atoms with Gasteiger partial charge >= 0.3 is 6.98 Å². The molecule has 0 aliphatic heterocycles. The second-order valence-electron chi connectivity index (χ2n) is 4.34. The Kier molecular flexibility index (Phi) is 2.49. The number of allylic oxidation sites excluding steroid dienone is 1.